The monoisotopic (exact) mass is 573 g/mol. The van der Waals surface area contributed by atoms with Crippen LogP contribution in [0.5, 0.6) is 0 Å². The summed E-state index contributed by atoms with van der Waals surface area (Å²) in [5.74, 6) is 0. The largest absolute Gasteiger partial charge is 0.296 e. The summed E-state index contributed by atoms with van der Waals surface area (Å²) >= 11 is 0. The number of nitrogens with zero attached hydrogens (tertiary/aromatic N) is 1. The minimum atomic E-state index is -6.24. The fourth-order valence-corrected chi connectivity index (χ4v) is 10.7. The zero-order valence-corrected chi connectivity index (χ0v) is 20.2. The van der Waals surface area contributed by atoms with Crippen molar-refractivity contribution >= 4 is 55.5 Å². The maximum atomic E-state index is 12.6. The molecule has 0 heterocycles. The molecule has 33 heavy (non-hydrogen) atoms. The smallest absolute Gasteiger partial charge is 0.285 e. The molecule has 2 atom stereocenters. The van der Waals surface area contributed by atoms with E-state index in [4.69, 9.17) is 0 Å². The fourth-order valence-electron chi connectivity index (χ4n) is 3.67. The molecular formula is C12H15NO15S5. The Bertz CT molecular complexity index is 1600. The topological polar surface area (TPSA) is 275 Å². The highest BCUT2D eigenvalue weighted by Crippen LogP contribution is 2.53. The van der Waals surface area contributed by atoms with Crippen molar-refractivity contribution < 1.29 is 64.9 Å². The molecule has 0 saturated carbocycles. The van der Waals surface area contributed by atoms with Crippen LogP contribution in [0.3, 0.4) is 0 Å². The van der Waals surface area contributed by atoms with Crippen molar-refractivity contribution in [3.8, 4) is 0 Å². The standard InChI is InChI=1S/C12H15NO15S5/c1-13(2)12(33(26,27)28)6-4-3-5-7(29(14,15)16)8(6)9(30(17,18)19)10(31(20,21)22)11(12)32(23,24)25/h3-5,11H,1-2H3,(H,14,15,16)(H,17,18,19)(H,20,21,22)(H,23,24,25)(H,26,27,28). The molecule has 2 rings (SSSR count). The summed E-state index contributed by atoms with van der Waals surface area (Å²) in [7, 11) is -28.7. The second-order valence-corrected chi connectivity index (χ2v) is 14.0. The minimum absolute atomic E-state index is 0.263. The molecule has 0 fully saturated rings. The van der Waals surface area contributed by atoms with E-state index in [1.165, 1.54) is 0 Å². The summed E-state index contributed by atoms with van der Waals surface area (Å²) in [4.78, 5) is -9.63. The molecule has 0 radical (unpaired) electrons. The first-order chi connectivity index (χ1) is 14.4. The number of benzene rings is 1. The third-order valence-electron chi connectivity index (χ3n) is 4.63. The van der Waals surface area contributed by atoms with Gasteiger partial charge in [0.25, 0.3) is 50.6 Å². The van der Waals surface area contributed by atoms with Gasteiger partial charge in [0, 0.05) is 11.1 Å². The minimum Gasteiger partial charge on any atom is -0.285 e. The molecule has 0 saturated heterocycles. The van der Waals surface area contributed by atoms with Gasteiger partial charge in [0.05, 0.1) is 0 Å². The lowest BCUT2D eigenvalue weighted by Crippen LogP contribution is -2.62. The zero-order valence-electron chi connectivity index (χ0n) is 16.1. The van der Waals surface area contributed by atoms with E-state index in [0.29, 0.717) is 32.3 Å². The van der Waals surface area contributed by atoms with E-state index in [2.05, 4.69) is 0 Å². The van der Waals surface area contributed by atoms with Crippen LogP contribution >= 0.6 is 0 Å². The van der Waals surface area contributed by atoms with Gasteiger partial charge in [-0.3, -0.25) is 27.7 Å². The first-order valence-corrected chi connectivity index (χ1v) is 15.1. The van der Waals surface area contributed by atoms with Crippen molar-refractivity contribution in [3.05, 3.63) is 34.2 Å². The van der Waals surface area contributed by atoms with E-state index in [-0.39, 0.29) is 4.90 Å². The molecule has 0 bridgehead atoms. The van der Waals surface area contributed by atoms with Crippen LogP contribution in [0.1, 0.15) is 11.1 Å². The van der Waals surface area contributed by atoms with E-state index in [1.54, 1.807) is 0 Å². The van der Waals surface area contributed by atoms with Gasteiger partial charge in [-0.2, -0.15) is 42.1 Å². The molecule has 1 aliphatic rings. The summed E-state index contributed by atoms with van der Waals surface area (Å²) < 4.78 is 171. The molecular weight excluding hydrogens is 558 g/mol. The van der Waals surface area contributed by atoms with Gasteiger partial charge in [0.15, 0.2) is 10.1 Å². The van der Waals surface area contributed by atoms with Gasteiger partial charge < -0.3 is 0 Å². The average molecular weight is 574 g/mol. The Morgan fingerprint density at radius 2 is 1.24 bits per heavy atom. The SMILES string of the molecule is CN(C)C1(S(=O)(=O)O)c2cccc(S(=O)(=O)O)c2C(S(=O)(=O)O)=C(S(=O)(=O)O)C1S(=O)(=O)O. The zero-order chi connectivity index (χ0) is 26.2. The van der Waals surface area contributed by atoms with Gasteiger partial charge >= 0.3 is 0 Å². The van der Waals surface area contributed by atoms with Gasteiger partial charge in [-0.1, -0.05) is 12.1 Å². The van der Waals surface area contributed by atoms with Crippen LogP contribution in [-0.4, -0.2) is 89.1 Å². The maximum absolute atomic E-state index is 12.6. The van der Waals surface area contributed by atoms with Crippen molar-refractivity contribution in [2.75, 3.05) is 14.1 Å². The number of rotatable bonds is 6. The Morgan fingerprint density at radius 3 is 1.55 bits per heavy atom. The predicted octanol–water partition coefficient (Wildman–Crippen LogP) is -1.75. The summed E-state index contributed by atoms with van der Waals surface area (Å²) in [6.07, 6.45) is 0. The van der Waals surface area contributed by atoms with Crippen molar-refractivity contribution in [1.29, 1.82) is 0 Å². The Hall–Kier alpha value is -1.53. The number of hydrogen-bond donors (Lipinski definition) is 5. The second kappa shape index (κ2) is 7.74. The molecule has 16 nitrogen and oxygen atoms in total. The molecule has 1 aromatic rings. The lowest BCUT2D eigenvalue weighted by Gasteiger charge is -2.45. The highest BCUT2D eigenvalue weighted by atomic mass is 32.2. The highest BCUT2D eigenvalue weighted by molar-refractivity contribution is 7.99. The molecule has 0 aromatic heterocycles. The molecule has 5 N–H and O–H groups in total. The van der Waals surface area contributed by atoms with Gasteiger partial charge in [-0.25, -0.2) is 0 Å². The molecule has 0 amide bonds. The van der Waals surface area contributed by atoms with Gasteiger partial charge in [-0.05, 0) is 20.2 Å². The van der Waals surface area contributed by atoms with Crippen LogP contribution < -0.4 is 0 Å². The summed E-state index contributed by atoms with van der Waals surface area (Å²) in [5, 5.41) is -3.59. The normalized spacial score (nSPS) is 23.0. The van der Waals surface area contributed by atoms with Crippen LogP contribution in [0.25, 0.3) is 4.91 Å². The Labute approximate surface area is 188 Å². The molecule has 2 unspecified atom stereocenters. The van der Waals surface area contributed by atoms with Gasteiger partial charge in [0.2, 0.25) is 0 Å². The lowest BCUT2D eigenvalue weighted by atomic mass is 9.90. The van der Waals surface area contributed by atoms with Crippen molar-refractivity contribution in [3.63, 3.8) is 0 Å². The van der Waals surface area contributed by atoms with Crippen molar-refractivity contribution in [1.82, 2.24) is 4.90 Å². The molecule has 1 aromatic carbocycles. The molecule has 0 aliphatic heterocycles. The van der Waals surface area contributed by atoms with E-state index in [9.17, 15) is 64.9 Å². The van der Waals surface area contributed by atoms with Gasteiger partial charge in [0.1, 0.15) is 14.7 Å². The van der Waals surface area contributed by atoms with E-state index >= 15 is 0 Å². The summed E-state index contributed by atoms with van der Waals surface area (Å²) in [6, 6.07) is 1.58. The summed E-state index contributed by atoms with van der Waals surface area (Å²) in [5.41, 5.74) is -2.92. The van der Waals surface area contributed by atoms with E-state index in [0.717, 1.165) is 0 Å². The van der Waals surface area contributed by atoms with Crippen LogP contribution in [0.15, 0.2) is 28.0 Å². The molecule has 188 valence electrons. The summed E-state index contributed by atoms with van der Waals surface area (Å²) in [6.45, 7) is 0. The van der Waals surface area contributed by atoms with Crippen LogP contribution in [-0.2, 0) is 55.5 Å². The number of fused-ring (bicyclic) bond motifs is 1. The third-order valence-corrected chi connectivity index (χ3v) is 10.7. The Morgan fingerprint density at radius 1 is 0.758 bits per heavy atom. The van der Waals surface area contributed by atoms with Gasteiger partial charge in [-0.15, -0.1) is 0 Å². The molecule has 0 spiro atoms. The first kappa shape index (κ1) is 27.7. The predicted molar refractivity (Wildman–Crippen MR) is 109 cm³/mol. The highest BCUT2D eigenvalue weighted by Gasteiger charge is 2.67. The van der Waals surface area contributed by atoms with Crippen LogP contribution in [0, 0.1) is 0 Å². The second-order valence-electron chi connectivity index (χ2n) is 6.76. The van der Waals surface area contributed by atoms with Crippen LogP contribution in [0.4, 0.5) is 0 Å². The number of hydrogen-bond acceptors (Lipinski definition) is 11. The Kier molecular flexibility index (Phi) is 6.50. The first-order valence-electron chi connectivity index (χ1n) is 7.82. The van der Waals surface area contributed by atoms with E-state index in [1.807, 2.05) is 0 Å². The maximum Gasteiger partial charge on any atom is 0.296 e. The van der Waals surface area contributed by atoms with Crippen molar-refractivity contribution in [2.24, 2.45) is 0 Å². The van der Waals surface area contributed by atoms with Crippen LogP contribution in [0.2, 0.25) is 0 Å². The Balaban J connectivity index is 3.67. The third kappa shape index (κ3) is 4.34. The molecule has 1 aliphatic carbocycles. The fraction of sp³-hybridized carbons (Fsp3) is 0.333. The molecule has 21 heteroatoms. The van der Waals surface area contributed by atoms with E-state index < -0.39 is 86.5 Å². The quantitative estimate of drug-likeness (QED) is 0.236. The van der Waals surface area contributed by atoms with Crippen molar-refractivity contribution in [2.45, 2.75) is 15.0 Å². The average Bonchev–Trinajstić information content (AvgIpc) is 2.53. The lowest BCUT2D eigenvalue weighted by molar-refractivity contribution is 0.218.